The van der Waals surface area contributed by atoms with Crippen LogP contribution in [0.15, 0.2) is 24.3 Å². The van der Waals surface area contributed by atoms with Crippen molar-refractivity contribution < 1.29 is 19.0 Å². The Bertz CT molecular complexity index is 422. The zero-order valence-corrected chi connectivity index (χ0v) is 10.9. The number of rotatable bonds is 9. The normalized spacial score (nSPS) is 10.1. The van der Waals surface area contributed by atoms with E-state index in [9.17, 15) is 4.79 Å². The van der Waals surface area contributed by atoms with E-state index in [0.717, 1.165) is 0 Å². The molecule has 0 saturated carbocycles. The summed E-state index contributed by atoms with van der Waals surface area (Å²) in [6.07, 6.45) is 0. The number of hydrogen-bond donors (Lipinski definition) is 0. The van der Waals surface area contributed by atoms with Crippen LogP contribution in [0.1, 0.15) is 15.9 Å². The van der Waals surface area contributed by atoms with E-state index < -0.39 is 0 Å². The fourth-order valence-electron chi connectivity index (χ4n) is 1.34. The Kier molecular flexibility index (Phi) is 7.44. The first kappa shape index (κ1) is 15.3. The van der Waals surface area contributed by atoms with E-state index in [1.807, 2.05) is 6.07 Å². The van der Waals surface area contributed by atoms with E-state index in [0.29, 0.717) is 37.6 Å². The molecule has 0 aliphatic carbocycles. The van der Waals surface area contributed by atoms with Gasteiger partial charge in [0.25, 0.3) is 0 Å². The molecule has 0 aliphatic heterocycles. The Labute approximate surface area is 112 Å². The van der Waals surface area contributed by atoms with Crippen molar-refractivity contribution in [2.24, 2.45) is 0 Å². The molecule has 5 nitrogen and oxygen atoms in total. The molecule has 1 aromatic rings. The molecule has 0 bridgehead atoms. The third kappa shape index (κ3) is 6.11. The van der Waals surface area contributed by atoms with Gasteiger partial charge < -0.3 is 14.2 Å². The molecule has 0 aliphatic rings. The van der Waals surface area contributed by atoms with Crippen LogP contribution in [0.2, 0.25) is 0 Å². The second-order valence-corrected chi connectivity index (χ2v) is 3.77. The molecule has 1 rings (SSSR count). The number of benzene rings is 1. The van der Waals surface area contributed by atoms with Crippen LogP contribution in [0.3, 0.4) is 0 Å². The topological polar surface area (TPSA) is 68.6 Å². The fourth-order valence-corrected chi connectivity index (χ4v) is 1.34. The predicted molar refractivity (Wildman–Crippen MR) is 69.0 cm³/mol. The summed E-state index contributed by atoms with van der Waals surface area (Å²) in [5.74, 6) is -0.110. The van der Waals surface area contributed by atoms with Crippen molar-refractivity contribution in [3.8, 4) is 6.07 Å². The predicted octanol–water partition coefficient (Wildman–Crippen LogP) is 1.42. The molecule has 0 radical (unpaired) electrons. The van der Waals surface area contributed by atoms with Gasteiger partial charge in [-0.1, -0.05) is 12.1 Å². The van der Waals surface area contributed by atoms with Crippen LogP contribution in [0.25, 0.3) is 0 Å². The van der Waals surface area contributed by atoms with Crippen molar-refractivity contribution in [3.05, 3.63) is 35.4 Å². The first-order chi connectivity index (χ1) is 9.27. The van der Waals surface area contributed by atoms with Crippen LogP contribution < -0.4 is 0 Å². The van der Waals surface area contributed by atoms with Crippen LogP contribution in [0, 0.1) is 11.3 Å². The van der Waals surface area contributed by atoms with Gasteiger partial charge in [-0.05, 0) is 12.1 Å². The molecule has 0 fully saturated rings. The van der Waals surface area contributed by atoms with Gasteiger partial charge in [-0.3, -0.25) is 4.79 Å². The lowest BCUT2D eigenvalue weighted by molar-refractivity contribution is 0.0253. The van der Waals surface area contributed by atoms with E-state index in [2.05, 4.69) is 0 Å². The second-order valence-electron chi connectivity index (χ2n) is 3.77. The van der Waals surface area contributed by atoms with Gasteiger partial charge in [-0.25, -0.2) is 0 Å². The smallest absolute Gasteiger partial charge is 0.188 e. The Morgan fingerprint density at radius 2 is 1.74 bits per heavy atom. The molecular weight excluding hydrogens is 246 g/mol. The fraction of sp³-hybridized carbons (Fsp3) is 0.429. The first-order valence-corrected chi connectivity index (χ1v) is 5.95. The van der Waals surface area contributed by atoms with Crippen LogP contribution in [0.4, 0.5) is 0 Å². The van der Waals surface area contributed by atoms with E-state index in [1.54, 1.807) is 31.4 Å². The minimum absolute atomic E-state index is 0.0134. The number of carbonyl (C=O) groups is 1. The van der Waals surface area contributed by atoms with Gasteiger partial charge in [0.05, 0.1) is 38.1 Å². The van der Waals surface area contributed by atoms with Crippen molar-refractivity contribution in [1.82, 2.24) is 0 Å². The molecule has 0 atom stereocenters. The van der Waals surface area contributed by atoms with Crippen molar-refractivity contribution >= 4 is 5.78 Å². The van der Waals surface area contributed by atoms with Gasteiger partial charge in [-0.15, -0.1) is 0 Å². The summed E-state index contributed by atoms with van der Waals surface area (Å²) in [4.78, 5) is 11.7. The lowest BCUT2D eigenvalue weighted by atomic mass is 10.1. The highest BCUT2D eigenvalue weighted by atomic mass is 16.5. The minimum Gasteiger partial charge on any atom is -0.382 e. The SMILES string of the molecule is COCCOCCOCC(=O)c1ccc(C#N)cc1. The maximum Gasteiger partial charge on any atom is 0.188 e. The molecule has 0 amide bonds. The number of methoxy groups -OCH3 is 1. The van der Waals surface area contributed by atoms with E-state index in [4.69, 9.17) is 19.5 Å². The maximum absolute atomic E-state index is 11.7. The Morgan fingerprint density at radius 1 is 1.11 bits per heavy atom. The van der Waals surface area contributed by atoms with Crippen molar-refractivity contribution in [2.45, 2.75) is 0 Å². The largest absolute Gasteiger partial charge is 0.382 e. The zero-order chi connectivity index (χ0) is 13.9. The molecule has 0 heterocycles. The number of carbonyl (C=O) groups excluding carboxylic acids is 1. The molecule has 0 N–H and O–H groups in total. The summed E-state index contributed by atoms with van der Waals surface area (Å²) in [5, 5.41) is 8.65. The third-order valence-corrected chi connectivity index (χ3v) is 2.37. The highest BCUT2D eigenvalue weighted by Gasteiger charge is 2.05. The van der Waals surface area contributed by atoms with Crippen LogP contribution >= 0.6 is 0 Å². The number of ether oxygens (including phenoxy) is 3. The van der Waals surface area contributed by atoms with Gasteiger partial charge in [0, 0.05) is 12.7 Å². The van der Waals surface area contributed by atoms with Crippen LogP contribution in [0.5, 0.6) is 0 Å². The average molecular weight is 263 g/mol. The van der Waals surface area contributed by atoms with Gasteiger partial charge in [0.15, 0.2) is 5.78 Å². The second kappa shape index (κ2) is 9.22. The Hall–Kier alpha value is -1.74. The third-order valence-electron chi connectivity index (χ3n) is 2.37. The van der Waals surface area contributed by atoms with Gasteiger partial charge in [-0.2, -0.15) is 5.26 Å². The summed E-state index contributed by atoms with van der Waals surface area (Å²) < 4.78 is 15.2. The molecule has 102 valence electrons. The van der Waals surface area contributed by atoms with Crippen molar-refractivity contribution in [3.63, 3.8) is 0 Å². The summed E-state index contributed by atoms with van der Waals surface area (Å²) in [6, 6.07) is 8.47. The highest BCUT2D eigenvalue weighted by molar-refractivity contribution is 5.97. The molecule has 0 aromatic heterocycles. The summed E-state index contributed by atoms with van der Waals surface area (Å²) in [5.41, 5.74) is 1.07. The zero-order valence-electron chi connectivity index (χ0n) is 10.9. The first-order valence-electron chi connectivity index (χ1n) is 5.95. The Morgan fingerprint density at radius 3 is 2.37 bits per heavy atom. The number of nitriles is 1. The molecule has 1 aromatic carbocycles. The average Bonchev–Trinajstić information content (AvgIpc) is 2.46. The van der Waals surface area contributed by atoms with Gasteiger partial charge >= 0.3 is 0 Å². The van der Waals surface area contributed by atoms with E-state index in [1.165, 1.54) is 0 Å². The highest BCUT2D eigenvalue weighted by Crippen LogP contribution is 2.04. The summed E-state index contributed by atoms with van der Waals surface area (Å²) in [6.45, 7) is 1.88. The molecule has 5 heteroatoms. The van der Waals surface area contributed by atoms with Gasteiger partial charge in [0.2, 0.25) is 0 Å². The number of hydrogen-bond acceptors (Lipinski definition) is 5. The molecule has 0 saturated heterocycles. The number of ketones is 1. The maximum atomic E-state index is 11.7. The molecular formula is C14H17NO4. The van der Waals surface area contributed by atoms with Crippen LogP contribution in [-0.4, -0.2) is 45.9 Å². The molecule has 0 unspecified atom stereocenters. The van der Waals surface area contributed by atoms with Crippen molar-refractivity contribution in [2.75, 3.05) is 40.1 Å². The van der Waals surface area contributed by atoms with Crippen molar-refractivity contribution in [1.29, 1.82) is 5.26 Å². The number of nitrogens with zero attached hydrogens (tertiary/aromatic N) is 1. The monoisotopic (exact) mass is 263 g/mol. The summed E-state index contributed by atoms with van der Waals surface area (Å²) in [7, 11) is 1.61. The molecule has 19 heavy (non-hydrogen) atoms. The number of Topliss-reactive ketones (excluding diaryl/α,β-unsaturated/α-hetero) is 1. The standard InChI is InChI=1S/C14H17NO4/c1-17-6-7-18-8-9-19-11-14(16)13-4-2-12(10-15)3-5-13/h2-5H,6-9,11H2,1H3. The van der Waals surface area contributed by atoms with Gasteiger partial charge in [0.1, 0.15) is 6.61 Å². The minimum atomic E-state index is -0.110. The quantitative estimate of drug-likeness (QED) is 0.498. The van der Waals surface area contributed by atoms with Crippen LogP contribution in [-0.2, 0) is 14.2 Å². The molecule has 0 spiro atoms. The van der Waals surface area contributed by atoms with E-state index >= 15 is 0 Å². The Balaban J connectivity index is 2.18. The lowest BCUT2D eigenvalue weighted by Gasteiger charge is -2.05. The lowest BCUT2D eigenvalue weighted by Crippen LogP contribution is -2.13. The van der Waals surface area contributed by atoms with E-state index in [-0.39, 0.29) is 12.4 Å². The summed E-state index contributed by atoms with van der Waals surface area (Å²) >= 11 is 0.